The number of nitrogens with zero attached hydrogens (tertiary/aromatic N) is 2. The minimum Gasteiger partial charge on any atom is -0.491 e. The number of aromatic nitrogens is 2. The molecule has 0 N–H and O–H groups in total. The van der Waals surface area contributed by atoms with Crippen LogP contribution in [-0.2, 0) is 23.7 Å². The zero-order valence-corrected chi connectivity index (χ0v) is 27.1. The van der Waals surface area contributed by atoms with Crippen molar-refractivity contribution < 1.29 is 28.5 Å². The lowest BCUT2D eigenvalue weighted by Crippen LogP contribution is -2.14. The van der Waals surface area contributed by atoms with E-state index in [1.807, 2.05) is 13.8 Å². The lowest BCUT2D eigenvalue weighted by molar-refractivity contribution is -0.118. The molecule has 0 bridgehead atoms. The Morgan fingerprint density at radius 2 is 1.05 bits per heavy atom. The molecule has 0 aliphatic rings. The van der Waals surface area contributed by atoms with Crippen LogP contribution in [0.1, 0.15) is 23.4 Å². The molecular weight excluding hydrogens is 597 g/mol. The zero-order valence-electron chi connectivity index (χ0n) is 25.4. The second kappa shape index (κ2) is 16.2. The zero-order chi connectivity index (χ0) is 30.7. The normalized spacial score (nSPS) is 11.5. The molecule has 44 heavy (non-hydrogen) atoms. The van der Waals surface area contributed by atoms with E-state index in [1.165, 1.54) is 9.40 Å². The van der Waals surface area contributed by atoms with Gasteiger partial charge >= 0.3 is 0 Å². The van der Waals surface area contributed by atoms with Gasteiger partial charge in [-0.25, -0.2) is 9.97 Å². The van der Waals surface area contributed by atoms with Crippen molar-refractivity contribution in [3.63, 3.8) is 0 Å². The van der Waals surface area contributed by atoms with Crippen molar-refractivity contribution in [3.05, 3.63) is 64.6 Å². The number of fused-ring (bicyclic) bond motifs is 2. The summed E-state index contributed by atoms with van der Waals surface area (Å²) >= 11 is 3.41. The van der Waals surface area contributed by atoms with E-state index in [0.717, 1.165) is 49.1 Å². The molecule has 3 aromatic carbocycles. The van der Waals surface area contributed by atoms with Gasteiger partial charge in [0.15, 0.2) is 0 Å². The predicted octanol–water partition coefficient (Wildman–Crippen LogP) is 7.28. The molecule has 5 aromatic rings. The average molecular weight is 635 g/mol. The van der Waals surface area contributed by atoms with Gasteiger partial charge in [0.2, 0.25) is 0 Å². The molecule has 2 aromatic heterocycles. The van der Waals surface area contributed by atoms with E-state index in [4.69, 9.17) is 23.7 Å². The highest BCUT2D eigenvalue weighted by Crippen LogP contribution is 2.35. The van der Waals surface area contributed by atoms with Gasteiger partial charge in [0.05, 0.1) is 83.3 Å². The summed E-state index contributed by atoms with van der Waals surface area (Å²) in [5, 5.41) is 2.12. The van der Waals surface area contributed by atoms with E-state index in [0.29, 0.717) is 65.9 Å². The van der Waals surface area contributed by atoms with Gasteiger partial charge < -0.3 is 23.7 Å². The summed E-state index contributed by atoms with van der Waals surface area (Å²) < 4.78 is 30.6. The summed E-state index contributed by atoms with van der Waals surface area (Å²) in [6.45, 7) is 9.85. The first-order valence-electron chi connectivity index (χ1n) is 14.8. The van der Waals surface area contributed by atoms with Crippen LogP contribution in [0.15, 0.2) is 54.6 Å². The molecular formula is C34H38N2O6S2. The number of benzene rings is 3. The fourth-order valence-electron chi connectivity index (χ4n) is 4.65. The molecule has 0 unspecified atom stereocenters. The summed E-state index contributed by atoms with van der Waals surface area (Å²) in [6.07, 6.45) is 0.441. The van der Waals surface area contributed by atoms with Gasteiger partial charge in [0.25, 0.3) is 0 Å². The average Bonchev–Trinajstić information content (AvgIpc) is 3.58. The highest BCUT2D eigenvalue weighted by molar-refractivity contribution is 7.18. The van der Waals surface area contributed by atoms with Crippen molar-refractivity contribution in [2.75, 3.05) is 59.5 Å². The van der Waals surface area contributed by atoms with E-state index in [9.17, 15) is 4.79 Å². The van der Waals surface area contributed by atoms with Gasteiger partial charge in [-0.15, -0.1) is 22.7 Å². The van der Waals surface area contributed by atoms with Gasteiger partial charge in [-0.05, 0) is 85.5 Å². The number of hydrogen-bond acceptors (Lipinski definition) is 10. The van der Waals surface area contributed by atoms with Gasteiger partial charge in [0, 0.05) is 6.42 Å². The summed E-state index contributed by atoms with van der Waals surface area (Å²) in [5.41, 5.74) is 6.47. The Morgan fingerprint density at radius 1 is 0.591 bits per heavy atom. The molecule has 0 fully saturated rings. The van der Waals surface area contributed by atoms with E-state index in [1.54, 1.807) is 29.6 Å². The van der Waals surface area contributed by atoms with Crippen LogP contribution in [0, 0.1) is 13.8 Å². The Labute approximate surface area is 265 Å². The van der Waals surface area contributed by atoms with Crippen molar-refractivity contribution in [2.45, 2.75) is 27.2 Å². The molecule has 0 radical (unpaired) electrons. The Morgan fingerprint density at radius 3 is 1.52 bits per heavy atom. The van der Waals surface area contributed by atoms with E-state index < -0.39 is 0 Å². The third-order valence-corrected chi connectivity index (χ3v) is 8.64. The van der Waals surface area contributed by atoms with Gasteiger partial charge in [-0.2, -0.15) is 0 Å². The fraction of sp³-hybridized carbons (Fsp3) is 0.382. The SMILES string of the molecule is CC(=O)CCOCCOCCOCCOCCOc1cc(-c2ccc3nc(C)sc3c2)cc(-c2ccc3nc(C)sc3c2)c1. The second-order valence-electron chi connectivity index (χ2n) is 10.3. The molecule has 8 nitrogen and oxygen atoms in total. The lowest BCUT2D eigenvalue weighted by Gasteiger charge is -2.13. The fourth-order valence-corrected chi connectivity index (χ4v) is 6.38. The van der Waals surface area contributed by atoms with E-state index in [-0.39, 0.29) is 5.78 Å². The Bertz CT molecular complexity index is 1580. The highest BCUT2D eigenvalue weighted by Gasteiger charge is 2.11. The molecule has 2 heterocycles. The van der Waals surface area contributed by atoms with E-state index >= 15 is 0 Å². The number of hydrogen-bond donors (Lipinski definition) is 0. The minimum absolute atomic E-state index is 0.128. The first kappa shape index (κ1) is 32.2. The number of carbonyl (C=O) groups is 1. The van der Waals surface area contributed by atoms with Crippen LogP contribution in [0.3, 0.4) is 0 Å². The molecule has 10 heteroatoms. The summed E-state index contributed by atoms with van der Waals surface area (Å²) in [5.74, 6) is 0.921. The third kappa shape index (κ3) is 9.37. The molecule has 0 amide bonds. The van der Waals surface area contributed by atoms with Crippen LogP contribution < -0.4 is 4.74 Å². The lowest BCUT2D eigenvalue weighted by atomic mass is 9.98. The number of rotatable bonds is 18. The smallest absolute Gasteiger partial charge is 0.132 e. The van der Waals surface area contributed by atoms with Gasteiger partial charge in [-0.3, -0.25) is 4.79 Å². The van der Waals surface area contributed by atoms with Crippen molar-refractivity contribution in [2.24, 2.45) is 0 Å². The predicted molar refractivity (Wildman–Crippen MR) is 177 cm³/mol. The number of thiazole rings is 2. The van der Waals surface area contributed by atoms with Gasteiger partial charge in [0.1, 0.15) is 18.1 Å². The monoisotopic (exact) mass is 634 g/mol. The minimum atomic E-state index is 0.128. The highest BCUT2D eigenvalue weighted by atomic mass is 32.1. The van der Waals surface area contributed by atoms with Crippen LogP contribution in [0.5, 0.6) is 5.75 Å². The van der Waals surface area contributed by atoms with Crippen molar-refractivity contribution in [1.29, 1.82) is 0 Å². The standard InChI is InChI=1S/C34H38N2O6S2/c1-23(37)8-9-38-10-11-39-12-13-40-14-15-41-16-17-42-30-19-28(26-4-6-31-33(21-26)43-24(2)35-31)18-29(20-30)27-5-7-32-34(22-27)44-25(3)36-32/h4-7,18-22H,8-17H2,1-3H3. The Hall–Kier alpha value is -3.25. The first-order chi connectivity index (χ1) is 21.4. The van der Waals surface area contributed by atoms with Crippen LogP contribution >= 0.6 is 22.7 Å². The largest absolute Gasteiger partial charge is 0.491 e. The molecule has 0 atom stereocenters. The van der Waals surface area contributed by atoms with Crippen molar-refractivity contribution in [3.8, 4) is 28.0 Å². The van der Waals surface area contributed by atoms with Crippen molar-refractivity contribution in [1.82, 2.24) is 9.97 Å². The van der Waals surface area contributed by atoms with Crippen LogP contribution in [0.2, 0.25) is 0 Å². The maximum Gasteiger partial charge on any atom is 0.132 e. The molecule has 5 rings (SSSR count). The molecule has 0 aliphatic carbocycles. The van der Waals surface area contributed by atoms with Crippen LogP contribution in [-0.4, -0.2) is 75.2 Å². The molecule has 0 saturated carbocycles. The Kier molecular flexibility index (Phi) is 11.8. The first-order valence-corrected chi connectivity index (χ1v) is 16.4. The molecule has 0 saturated heterocycles. The number of ether oxygens (including phenoxy) is 5. The number of Topliss-reactive ketones (excluding diaryl/α,β-unsaturated/α-hetero) is 1. The number of carbonyl (C=O) groups excluding carboxylic acids is 1. The maximum atomic E-state index is 10.9. The molecule has 0 spiro atoms. The number of ketones is 1. The van der Waals surface area contributed by atoms with Crippen molar-refractivity contribution >= 4 is 48.9 Å². The molecule has 232 valence electrons. The third-order valence-electron chi connectivity index (χ3n) is 6.77. The molecule has 0 aliphatic heterocycles. The van der Waals surface area contributed by atoms with Crippen LogP contribution in [0.25, 0.3) is 42.7 Å². The quantitative estimate of drug-likeness (QED) is 0.0930. The number of aryl methyl sites for hydroxylation is 2. The maximum absolute atomic E-state index is 10.9. The van der Waals surface area contributed by atoms with Crippen LogP contribution in [0.4, 0.5) is 0 Å². The summed E-state index contributed by atoms with van der Waals surface area (Å²) in [6, 6.07) is 19.2. The van der Waals surface area contributed by atoms with E-state index in [2.05, 4.69) is 64.6 Å². The summed E-state index contributed by atoms with van der Waals surface area (Å²) in [4.78, 5) is 20.1. The summed E-state index contributed by atoms with van der Waals surface area (Å²) in [7, 11) is 0. The Balaban J connectivity index is 1.12. The van der Waals surface area contributed by atoms with Gasteiger partial charge in [-0.1, -0.05) is 12.1 Å². The second-order valence-corrected chi connectivity index (χ2v) is 12.8. The topological polar surface area (TPSA) is 89.0 Å².